The Labute approximate surface area is 115 Å². The van der Waals surface area contributed by atoms with Gasteiger partial charge in [0.25, 0.3) is 0 Å². The van der Waals surface area contributed by atoms with Crippen LogP contribution in [-0.4, -0.2) is 39.0 Å². The van der Waals surface area contributed by atoms with Gasteiger partial charge < -0.3 is 20.2 Å². The summed E-state index contributed by atoms with van der Waals surface area (Å²) in [4.78, 5) is 39.8. The molecule has 1 rings (SSSR count). The summed E-state index contributed by atoms with van der Waals surface area (Å²) in [5.74, 6) is -2.07. The predicted octanol–water partition coefficient (Wildman–Crippen LogP) is 0.366. The van der Waals surface area contributed by atoms with Gasteiger partial charge in [-0.05, 0) is 12.0 Å². The molecule has 0 heterocycles. The van der Waals surface area contributed by atoms with Gasteiger partial charge in [0.1, 0.15) is 6.42 Å². The van der Waals surface area contributed by atoms with E-state index in [1.54, 1.807) is 30.3 Å². The lowest BCUT2D eigenvalue weighted by atomic mass is 10.1. The first-order valence-electron chi connectivity index (χ1n) is 5.86. The number of amides is 1. The van der Waals surface area contributed by atoms with Crippen molar-refractivity contribution in [1.29, 1.82) is 0 Å². The standard InChI is InChI=1S/C12H16NO6P/c14-11(7-12(15)16)13-10(8-20(17,18)19)6-9-4-2-1-3-5-9/h1-5,10H,6-8H2,(H,13,14)(H,15,16)(H2,17,18,19). The van der Waals surface area contributed by atoms with Crippen molar-refractivity contribution in [3.8, 4) is 0 Å². The van der Waals surface area contributed by atoms with E-state index in [0.29, 0.717) is 0 Å². The molecule has 1 aromatic rings. The number of carbonyl (C=O) groups excluding carboxylic acids is 1. The van der Waals surface area contributed by atoms with E-state index >= 15 is 0 Å². The zero-order valence-corrected chi connectivity index (χ0v) is 11.5. The molecule has 0 aliphatic rings. The monoisotopic (exact) mass is 301 g/mol. The first-order valence-corrected chi connectivity index (χ1v) is 7.65. The van der Waals surface area contributed by atoms with Gasteiger partial charge in [0.2, 0.25) is 5.91 Å². The van der Waals surface area contributed by atoms with Crippen LogP contribution in [0.3, 0.4) is 0 Å². The summed E-state index contributed by atoms with van der Waals surface area (Å²) in [6.45, 7) is 0. The molecule has 0 fully saturated rings. The minimum Gasteiger partial charge on any atom is -0.481 e. The quantitative estimate of drug-likeness (QED) is 0.426. The SMILES string of the molecule is O=C(O)CC(=O)NC(Cc1ccccc1)CP(=O)(O)O. The highest BCUT2D eigenvalue weighted by Crippen LogP contribution is 2.35. The van der Waals surface area contributed by atoms with Crippen LogP contribution >= 0.6 is 7.60 Å². The van der Waals surface area contributed by atoms with E-state index in [0.717, 1.165) is 5.56 Å². The fourth-order valence-corrected chi connectivity index (χ4v) is 2.56. The number of carboxylic acids is 1. The van der Waals surface area contributed by atoms with Gasteiger partial charge in [0.15, 0.2) is 0 Å². The molecule has 0 saturated carbocycles. The molecule has 0 bridgehead atoms. The van der Waals surface area contributed by atoms with Crippen LogP contribution in [0.4, 0.5) is 0 Å². The summed E-state index contributed by atoms with van der Waals surface area (Å²) < 4.78 is 11.1. The summed E-state index contributed by atoms with van der Waals surface area (Å²) >= 11 is 0. The average molecular weight is 301 g/mol. The van der Waals surface area contributed by atoms with Crippen LogP contribution in [0.25, 0.3) is 0 Å². The normalized spacial score (nSPS) is 12.7. The first kappa shape index (κ1) is 16.4. The van der Waals surface area contributed by atoms with E-state index in [-0.39, 0.29) is 6.42 Å². The van der Waals surface area contributed by atoms with Crippen molar-refractivity contribution in [2.24, 2.45) is 0 Å². The van der Waals surface area contributed by atoms with Crippen molar-refractivity contribution in [3.63, 3.8) is 0 Å². The number of benzene rings is 1. The maximum Gasteiger partial charge on any atom is 0.327 e. The van der Waals surface area contributed by atoms with Crippen LogP contribution in [0.5, 0.6) is 0 Å². The molecule has 7 nitrogen and oxygen atoms in total. The molecule has 0 aromatic heterocycles. The van der Waals surface area contributed by atoms with E-state index in [1.807, 2.05) is 0 Å². The minimum absolute atomic E-state index is 0.220. The van der Waals surface area contributed by atoms with Crippen molar-refractivity contribution in [1.82, 2.24) is 5.32 Å². The summed E-state index contributed by atoms with van der Waals surface area (Å²) in [5.41, 5.74) is 0.793. The third kappa shape index (κ3) is 7.04. The summed E-state index contributed by atoms with van der Waals surface area (Å²) in [7, 11) is -4.31. The average Bonchev–Trinajstić information content (AvgIpc) is 2.26. The molecular formula is C12H16NO6P. The molecule has 0 saturated heterocycles. The molecule has 0 radical (unpaired) electrons. The van der Waals surface area contributed by atoms with Gasteiger partial charge in [-0.25, -0.2) is 0 Å². The Morgan fingerprint density at radius 1 is 1.20 bits per heavy atom. The maximum atomic E-state index is 11.4. The van der Waals surface area contributed by atoms with E-state index in [4.69, 9.17) is 14.9 Å². The van der Waals surface area contributed by atoms with E-state index in [2.05, 4.69) is 5.32 Å². The summed E-state index contributed by atoms with van der Waals surface area (Å²) in [5, 5.41) is 10.8. The number of hydrogen-bond acceptors (Lipinski definition) is 3. The second kappa shape index (κ2) is 7.19. The van der Waals surface area contributed by atoms with Crippen molar-refractivity contribution >= 4 is 19.5 Å². The second-order valence-electron chi connectivity index (χ2n) is 4.37. The highest BCUT2D eigenvalue weighted by molar-refractivity contribution is 7.51. The number of aliphatic carboxylic acids is 1. The molecule has 4 N–H and O–H groups in total. The molecule has 110 valence electrons. The fourth-order valence-electron chi connectivity index (χ4n) is 1.76. The molecule has 1 atom stereocenters. The lowest BCUT2D eigenvalue weighted by Gasteiger charge is -2.19. The molecule has 8 heteroatoms. The van der Waals surface area contributed by atoms with Gasteiger partial charge in [0.05, 0.1) is 6.16 Å². The predicted molar refractivity (Wildman–Crippen MR) is 71.2 cm³/mol. The first-order chi connectivity index (χ1) is 9.26. The number of hydrogen-bond donors (Lipinski definition) is 4. The van der Waals surface area contributed by atoms with Crippen LogP contribution in [0.2, 0.25) is 0 Å². The zero-order chi connectivity index (χ0) is 15.2. The Hall–Kier alpha value is -1.69. The van der Waals surface area contributed by atoms with Crippen LogP contribution in [0.1, 0.15) is 12.0 Å². The highest BCUT2D eigenvalue weighted by atomic mass is 31.2. The third-order valence-electron chi connectivity index (χ3n) is 2.46. The molecule has 0 aliphatic heterocycles. The van der Waals surface area contributed by atoms with Gasteiger partial charge >= 0.3 is 13.6 Å². The number of carbonyl (C=O) groups is 2. The Morgan fingerprint density at radius 2 is 1.80 bits per heavy atom. The molecule has 1 amide bonds. The Morgan fingerprint density at radius 3 is 2.30 bits per heavy atom. The van der Waals surface area contributed by atoms with E-state index in [1.165, 1.54) is 0 Å². The zero-order valence-electron chi connectivity index (χ0n) is 10.6. The Balaban J connectivity index is 2.72. The van der Waals surface area contributed by atoms with Gasteiger partial charge in [-0.2, -0.15) is 0 Å². The highest BCUT2D eigenvalue weighted by Gasteiger charge is 2.24. The van der Waals surface area contributed by atoms with Gasteiger partial charge in [0, 0.05) is 6.04 Å². The molecule has 0 aliphatic carbocycles. The third-order valence-corrected chi connectivity index (χ3v) is 3.38. The van der Waals surface area contributed by atoms with Crippen molar-refractivity contribution in [2.45, 2.75) is 18.9 Å². The van der Waals surface area contributed by atoms with Crippen LogP contribution in [-0.2, 0) is 20.6 Å². The van der Waals surface area contributed by atoms with Crippen LogP contribution in [0, 0.1) is 0 Å². The Kier molecular flexibility index (Phi) is 5.88. The molecular weight excluding hydrogens is 285 g/mol. The molecule has 1 aromatic carbocycles. The van der Waals surface area contributed by atoms with E-state index in [9.17, 15) is 14.2 Å². The van der Waals surface area contributed by atoms with Crippen molar-refractivity contribution in [3.05, 3.63) is 35.9 Å². The van der Waals surface area contributed by atoms with Crippen LogP contribution in [0.15, 0.2) is 30.3 Å². The van der Waals surface area contributed by atoms with Gasteiger partial charge in [-0.15, -0.1) is 0 Å². The Bertz CT molecular complexity index is 512. The maximum absolute atomic E-state index is 11.4. The molecule has 20 heavy (non-hydrogen) atoms. The summed E-state index contributed by atoms with van der Waals surface area (Å²) in [6.07, 6.45) is -1.04. The molecule has 0 spiro atoms. The van der Waals surface area contributed by atoms with Crippen molar-refractivity contribution < 1.29 is 29.0 Å². The number of nitrogens with one attached hydrogen (secondary N) is 1. The number of carboxylic acid groups (broad SMARTS) is 1. The second-order valence-corrected chi connectivity index (χ2v) is 6.07. The molecule has 1 unspecified atom stereocenters. The van der Waals surface area contributed by atoms with Crippen LogP contribution < -0.4 is 5.32 Å². The summed E-state index contributed by atoms with van der Waals surface area (Å²) in [6, 6.07) is 8.03. The van der Waals surface area contributed by atoms with Gasteiger partial charge in [-0.3, -0.25) is 14.2 Å². The van der Waals surface area contributed by atoms with Crippen molar-refractivity contribution in [2.75, 3.05) is 6.16 Å². The fraction of sp³-hybridized carbons (Fsp3) is 0.333. The van der Waals surface area contributed by atoms with Gasteiger partial charge in [-0.1, -0.05) is 30.3 Å². The largest absolute Gasteiger partial charge is 0.481 e. The lowest BCUT2D eigenvalue weighted by Crippen LogP contribution is -2.39. The topological polar surface area (TPSA) is 124 Å². The minimum atomic E-state index is -4.31. The van der Waals surface area contributed by atoms with E-state index < -0.39 is 38.1 Å². The number of rotatable bonds is 7. The lowest BCUT2D eigenvalue weighted by molar-refractivity contribution is -0.140. The smallest absolute Gasteiger partial charge is 0.327 e.